The van der Waals surface area contributed by atoms with Crippen LogP contribution in [-0.2, 0) is 78.4 Å². The monoisotopic (exact) mass is 1400 g/mol. The quantitative estimate of drug-likeness (QED) is 0.0158. The zero-order chi connectivity index (χ0) is 72.9. The Morgan fingerprint density at radius 3 is 1.42 bits per heavy atom. The van der Waals surface area contributed by atoms with Crippen molar-refractivity contribution < 1.29 is 63.0 Å². The molecule has 8 rings (SSSR count). The number of nitrogens with zero attached hydrogens (tertiary/aromatic N) is 3. The fraction of sp³-hybridized carbons (Fsp3) is 0.397. The van der Waals surface area contributed by atoms with E-state index in [1.54, 1.807) is 36.4 Å². The molecule has 2 saturated heterocycles. The molecule has 16 N–H and O–H groups in total. The van der Waals surface area contributed by atoms with E-state index in [1.165, 1.54) is 41.0 Å². The van der Waals surface area contributed by atoms with Crippen molar-refractivity contribution in [3.63, 3.8) is 0 Å². The largest absolute Gasteiger partial charge is 0.508 e. The number of guanidine groups is 1. The molecule has 0 radical (unpaired) electrons. The summed E-state index contributed by atoms with van der Waals surface area (Å²) in [5.74, 6) is -8.89. The van der Waals surface area contributed by atoms with Crippen LogP contribution in [0, 0.1) is 5.92 Å². The molecule has 9 atom stereocenters. The summed E-state index contributed by atoms with van der Waals surface area (Å²) in [6.07, 6.45) is 1.09. The van der Waals surface area contributed by atoms with Gasteiger partial charge in [-0.1, -0.05) is 135 Å². The SMILES string of the molecule is CC(=O)N1CCC[C@H]1C(=O)N[C@H](Cc1ccc(Cl)cc1)C(=O)N[C@H](Cc1ccc2ccccc2c1)C(=O)N[C@@H](CO)C(=O)N[C@@H](Cc1ccc(O)cc1)C(=O)N[C@H](Cc1ccc2ccccc2c1)C(=O)N[C@@H](CC(C)C)C(=O)N[C@@H](CCCN=C(N)N)C(=O)N1CCC[C@H]1C(=O)NCC(N)=O. The Balaban J connectivity index is 1.07. The highest BCUT2D eigenvalue weighted by Crippen LogP contribution is 2.24. The molecule has 0 aliphatic carbocycles. The van der Waals surface area contributed by atoms with Crippen LogP contribution in [-0.4, -0.2) is 178 Å². The van der Waals surface area contributed by atoms with E-state index in [9.17, 15) is 53.4 Å². The number of nitrogens with one attached hydrogen (secondary N) is 8. The minimum Gasteiger partial charge on any atom is -0.508 e. The van der Waals surface area contributed by atoms with Crippen molar-refractivity contribution in [2.75, 3.05) is 32.8 Å². The van der Waals surface area contributed by atoms with Gasteiger partial charge in [0.15, 0.2) is 5.96 Å². The minimum atomic E-state index is -1.80. The Hall–Kier alpha value is -10.7. The van der Waals surface area contributed by atoms with E-state index >= 15 is 9.59 Å². The number of nitrogens with two attached hydrogens (primary N) is 3. The van der Waals surface area contributed by atoms with E-state index in [2.05, 4.69) is 47.5 Å². The highest BCUT2D eigenvalue weighted by Gasteiger charge is 2.41. The van der Waals surface area contributed by atoms with Crippen molar-refractivity contribution in [1.82, 2.24) is 52.3 Å². The summed E-state index contributed by atoms with van der Waals surface area (Å²) in [5, 5.41) is 46.8. The maximum absolute atomic E-state index is 15.2. The molecule has 11 amide bonds. The first-order valence-corrected chi connectivity index (χ1v) is 34.1. The summed E-state index contributed by atoms with van der Waals surface area (Å²) in [5.41, 5.74) is 18.6. The second-order valence-electron chi connectivity index (χ2n) is 25.9. The second kappa shape index (κ2) is 36.4. The summed E-state index contributed by atoms with van der Waals surface area (Å²) in [7, 11) is 0. The molecule has 101 heavy (non-hydrogen) atoms. The highest BCUT2D eigenvalue weighted by atomic mass is 35.5. The average Bonchev–Trinajstić information content (AvgIpc) is 1.82. The first-order chi connectivity index (χ1) is 48.3. The maximum atomic E-state index is 15.2. The van der Waals surface area contributed by atoms with Gasteiger partial charge in [0.05, 0.1) is 13.2 Å². The van der Waals surface area contributed by atoms with Gasteiger partial charge in [-0.05, 0) is 119 Å². The van der Waals surface area contributed by atoms with Gasteiger partial charge >= 0.3 is 0 Å². The van der Waals surface area contributed by atoms with Crippen molar-refractivity contribution in [3.05, 3.63) is 161 Å². The van der Waals surface area contributed by atoms with Crippen molar-refractivity contribution in [3.8, 4) is 5.75 Å². The highest BCUT2D eigenvalue weighted by molar-refractivity contribution is 6.30. The van der Waals surface area contributed by atoms with E-state index in [0.29, 0.717) is 53.1 Å². The van der Waals surface area contributed by atoms with Gasteiger partial charge in [-0.3, -0.25) is 57.7 Å². The Kier molecular flexibility index (Phi) is 27.4. The van der Waals surface area contributed by atoms with E-state index in [1.807, 2.05) is 86.6 Å². The molecule has 2 fully saturated rings. The van der Waals surface area contributed by atoms with Crippen LogP contribution in [0.4, 0.5) is 0 Å². The molecule has 536 valence electrons. The lowest BCUT2D eigenvalue weighted by atomic mass is 9.98. The number of rotatable bonds is 33. The van der Waals surface area contributed by atoms with Crippen molar-refractivity contribution in [1.29, 1.82) is 0 Å². The number of halogens is 1. The van der Waals surface area contributed by atoms with Crippen LogP contribution in [0.1, 0.15) is 88.0 Å². The number of amides is 11. The lowest BCUT2D eigenvalue weighted by molar-refractivity contribution is -0.142. The van der Waals surface area contributed by atoms with Gasteiger partial charge in [0.1, 0.15) is 60.1 Å². The molecule has 0 unspecified atom stereocenters. The molecule has 0 saturated carbocycles. The number of carbonyl (C=O) groups is 11. The second-order valence-corrected chi connectivity index (χ2v) is 26.3. The molecule has 27 nitrogen and oxygen atoms in total. The number of fused-ring (bicyclic) bond motifs is 2. The predicted molar refractivity (Wildman–Crippen MR) is 380 cm³/mol. The number of benzene rings is 6. The molecule has 28 heteroatoms. The number of aromatic hydroxyl groups is 1. The number of aliphatic imine (C=N–C) groups is 1. The van der Waals surface area contributed by atoms with Gasteiger partial charge in [0.25, 0.3) is 0 Å². The fourth-order valence-electron chi connectivity index (χ4n) is 12.5. The van der Waals surface area contributed by atoms with Crippen LogP contribution >= 0.6 is 11.6 Å². The molecule has 2 aliphatic rings. The van der Waals surface area contributed by atoms with Crippen LogP contribution < -0.4 is 59.7 Å². The maximum Gasteiger partial charge on any atom is 0.245 e. The number of aliphatic hydroxyl groups is 1. The molecule has 2 heterocycles. The zero-order valence-corrected chi connectivity index (χ0v) is 57.4. The molecular weight excluding hydrogens is 1320 g/mol. The lowest BCUT2D eigenvalue weighted by Crippen LogP contribution is -2.61. The summed E-state index contributed by atoms with van der Waals surface area (Å²) in [6.45, 7) is 4.04. The Morgan fingerprint density at radius 1 is 0.515 bits per heavy atom. The van der Waals surface area contributed by atoms with Gasteiger partial charge in [0, 0.05) is 57.3 Å². The summed E-state index contributed by atoms with van der Waals surface area (Å²) < 4.78 is 0. The lowest BCUT2D eigenvalue weighted by Gasteiger charge is -2.30. The van der Waals surface area contributed by atoms with Gasteiger partial charge in [-0.2, -0.15) is 0 Å². The third-order valence-electron chi connectivity index (χ3n) is 17.7. The summed E-state index contributed by atoms with van der Waals surface area (Å²) in [4.78, 5) is 162. The van der Waals surface area contributed by atoms with E-state index < -0.39 is 127 Å². The molecule has 6 aromatic rings. The standard InChI is InChI=1S/C73H89ClN14O13/c1-42(2)33-55(64(93)80-54(15-8-30-78-73(76)77)72(101)88-32-10-16-61(88)70(99)79-40-63(75)92)81-67(96)58(38-46-18-24-48-11-4-6-13-50(48)34-46)82-65(94)56(37-45-22-28-53(91)29-23-45)84-69(98)60(41-89)86-68(97)59(39-47-19-25-49-12-5-7-14-51(49)35-47)83-66(95)57(36-44-20-26-52(74)27-21-44)85-71(100)62-17-9-31-87(62)43(3)90/h4-7,11-14,18-29,34-35,42,54-62,89,91H,8-10,15-17,30-33,36-41H2,1-3H3,(H2,75,92)(H,79,99)(H,80,93)(H,81,96)(H,82,94)(H,83,95)(H,84,98)(H,85,100)(H,86,97)(H4,76,77,78)/t54-,55-,56-,57+,58+,59+,60-,61-,62-/m0/s1. The van der Waals surface area contributed by atoms with Gasteiger partial charge in [-0.25, -0.2) is 0 Å². The number of likely N-dealkylation sites (tertiary alicyclic amines) is 2. The van der Waals surface area contributed by atoms with E-state index in [0.717, 1.165) is 21.5 Å². The number of phenolic OH excluding ortho intramolecular Hbond substituents is 1. The fourth-order valence-corrected chi connectivity index (χ4v) is 12.7. The first kappa shape index (κ1) is 76.1. The Morgan fingerprint density at radius 2 is 0.931 bits per heavy atom. The Bertz CT molecular complexity index is 4000. The summed E-state index contributed by atoms with van der Waals surface area (Å²) in [6, 6.07) is 25.9. The number of hydrogen-bond donors (Lipinski definition) is 13. The van der Waals surface area contributed by atoms with Crippen LogP contribution in [0.2, 0.25) is 5.02 Å². The van der Waals surface area contributed by atoms with Crippen LogP contribution in [0.15, 0.2) is 138 Å². The molecule has 0 bridgehead atoms. The van der Waals surface area contributed by atoms with Crippen molar-refractivity contribution in [2.24, 2.45) is 28.1 Å². The van der Waals surface area contributed by atoms with Gasteiger partial charge < -0.3 is 79.7 Å². The minimum absolute atomic E-state index is 0.00867. The molecule has 0 spiro atoms. The Labute approximate surface area is 589 Å². The number of primary amides is 1. The number of aliphatic hydroxyl groups excluding tert-OH is 1. The first-order valence-electron chi connectivity index (χ1n) is 33.7. The topological polar surface area (TPSA) is 421 Å². The molecular formula is C73H89ClN14O13. The average molecular weight is 1410 g/mol. The third kappa shape index (κ3) is 22.2. The number of carbonyl (C=O) groups excluding carboxylic acids is 11. The molecule has 2 aliphatic heterocycles. The van der Waals surface area contributed by atoms with Gasteiger partial charge in [0.2, 0.25) is 65.0 Å². The molecule has 6 aromatic carbocycles. The van der Waals surface area contributed by atoms with Gasteiger partial charge in [-0.15, -0.1) is 0 Å². The zero-order valence-electron chi connectivity index (χ0n) is 56.6. The number of phenols is 1. The summed E-state index contributed by atoms with van der Waals surface area (Å²) >= 11 is 6.22. The third-order valence-corrected chi connectivity index (χ3v) is 18.0. The normalized spacial score (nSPS) is 16.3. The smallest absolute Gasteiger partial charge is 0.245 e. The van der Waals surface area contributed by atoms with E-state index in [4.69, 9.17) is 28.8 Å². The van der Waals surface area contributed by atoms with Crippen LogP contribution in [0.25, 0.3) is 21.5 Å². The van der Waals surface area contributed by atoms with Crippen LogP contribution in [0.3, 0.4) is 0 Å². The van der Waals surface area contributed by atoms with Crippen molar-refractivity contribution in [2.45, 2.75) is 146 Å². The number of hydrogen-bond acceptors (Lipinski definition) is 14. The van der Waals surface area contributed by atoms with E-state index in [-0.39, 0.29) is 88.0 Å². The van der Waals surface area contributed by atoms with Crippen molar-refractivity contribution >= 4 is 104 Å². The van der Waals surface area contributed by atoms with Crippen LogP contribution in [0.5, 0.6) is 5.75 Å². The molecule has 0 aromatic heterocycles. The predicted octanol–water partition coefficient (Wildman–Crippen LogP) is 1.71.